The van der Waals surface area contributed by atoms with Gasteiger partial charge in [0.05, 0.1) is 16.9 Å². The van der Waals surface area contributed by atoms with Crippen LogP contribution in [-0.2, 0) is 4.79 Å². The summed E-state index contributed by atoms with van der Waals surface area (Å²) >= 11 is 0. The molecule has 1 aliphatic rings. The zero-order valence-corrected chi connectivity index (χ0v) is 13.1. The Morgan fingerprint density at radius 3 is 2.78 bits per heavy atom. The van der Waals surface area contributed by atoms with E-state index in [1.165, 1.54) is 4.90 Å². The molecule has 6 nitrogen and oxygen atoms in total. The molecule has 1 aromatic heterocycles. The number of nitrogens with zero attached hydrogens (tertiary/aromatic N) is 3. The quantitative estimate of drug-likeness (QED) is 0.943. The van der Waals surface area contributed by atoms with Gasteiger partial charge in [-0.1, -0.05) is 12.1 Å². The standard InChI is InChI=1S/C17H18N4O2/c1-3-20(2)15-9-8-12(10-18-15)17(23)21-11-16(22)19-13-6-4-5-7-14(13)21/h4-10H,3,11H2,1-2H3,(H,19,22). The summed E-state index contributed by atoms with van der Waals surface area (Å²) in [5.74, 6) is 0.374. The molecule has 2 amide bonds. The number of rotatable bonds is 3. The summed E-state index contributed by atoms with van der Waals surface area (Å²) in [5.41, 5.74) is 1.81. The zero-order valence-electron chi connectivity index (χ0n) is 13.1. The number of carbonyl (C=O) groups is 2. The number of hydrogen-bond acceptors (Lipinski definition) is 4. The van der Waals surface area contributed by atoms with E-state index in [0.29, 0.717) is 16.9 Å². The molecule has 1 aliphatic heterocycles. The van der Waals surface area contributed by atoms with Gasteiger partial charge >= 0.3 is 0 Å². The minimum Gasteiger partial charge on any atom is -0.360 e. The van der Waals surface area contributed by atoms with Gasteiger partial charge in [0.15, 0.2) is 0 Å². The third-order valence-corrected chi connectivity index (χ3v) is 3.88. The molecule has 1 aromatic carbocycles. The molecule has 1 N–H and O–H groups in total. The van der Waals surface area contributed by atoms with Crippen LogP contribution in [0.25, 0.3) is 0 Å². The highest BCUT2D eigenvalue weighted by molar-refractivity contribution is 6.15. The lowest BCUT2D eigenvalue weighted by Crippen LogP contribution is -2.42. The number of para-hydroxylation sites is 2. The van der Waals surface area contributed by atoms with Crippen molar-refractivity contribution in [1.29, 1.82) is 0 Å². The molecule has 0 saturated heterocycles. The van der Waals surface area contributed by atoms with Crippen LogP contribution in [-0.4, -0.2) is 36.9 Å². The fourth-order valence-electron chi connectivity index (χ4n) is 2.47. The van der Waals surface area contributed by atoms with E-state index in [0.717, 1.165) is 12.4 Å². The number of hydrogen-bond donors (Lipinski definition) is 1. The Balaban J connectivity index is 1.90. The second kappa shape index (κ2) is 6.08. The van der Waals surface area contributed by atoms with Gasteiger partial charge in [-0.15, -0.1) is 0 Å². The van der Waals surface area contributed by atoms with Gasteiger partial charge in [0, 0.05) is 19.8 Å². The lowest BCUT2D eigenvalue weighted by Gasteiger charge is -2.29. The van der Waals surface area contributed by atoms with Crippen molar-refractivity contribution < 1.29 is 9.59 Å². The number of anilines is 3. The minimum atomic E-state index is -0.231. The molecule has 0 fully saturated rings. The molecule has 0 saturated carbocycles. The van der Waals surface area contributed by atoms with Crippen molar-refractivity contribution in [2.45, 2.75) is 6.92 Å². The predicted octanol–water partition coefficient (Wildman–Crippen LogP) is 2.14. The van der Waals surface area contributed by atoms with Crippen LogP contribution in [0.3, 0.4) is 0 Å². The average Bonchev–Trinajstić information content (AvgIpc) is 2.59. The topological polar surface area (TPSA) is 65.5 Å². The third kappa shape index (κ3) is 2.88. The Labute approximate surface area is 134 Å². The van der Waals surface area contributed by atoms with Crippen LogP contribution in [0.1, 0.15) is 17.3 Å². The first-order valence-corrected chi connectivity index (χ1v) is 7.48. The number of benzene rings is 1. The Kier molecular flexibility index (Phi) is 3.97. The van der Waals surface area contributed by atoms with Crippen LogP contribution in [0.15, 0.2) is 42.6 Å². The maximum atomic E-state index is 12.8. The summed E-state index contributed by atoms with van der Waals surface area (Å²) in [6.07, 6.45) is 1.55. The van der Waals surface area contributed by atoms with Gasteiger partial charge < -0.3 is 10.2 Å². The van der Waals surface area contributed by atoms with Gasteiger partial charge in [0.1, 0.15) is 12.4 Å². The summed E-state index contributed by atoms with van der Waals surface area (Å²) in [6, 6.07) is 10.8. The molecular formula is C17H18N4O2. The van der Waals surface area contributed by atoms with Crippen LogP contribution in [0.2, 0.25) is 0 Å². The number of carbonyl (C=O) groups excluding carboxylic acids is 2. The van der Waals surface area contributed by atoms with E-state index in [1.54, 1.807) is 18.3 Å². The molecule has 0 atom stereocenters. The predicted molar refractivity (Wildman–Crippen MR) is 89.9 cm³/mol. The highest BCUT2D eigenvalue weighted by Gasteiger charge is 2.27. The van der Waals surface area contributed by atoms with Crippen molar-refractivity contribution in [1.82, 2.24) is 4.98 Å². The normalized spacial score (nSPS) is 13.3. The van der Waals surface area contributed by atoms with Crippen LogP contribution in [0.4, 0.5) is 17.2 Å². The second-order valence-electron chi connectivity index (χ2n) is 5.38. The first-order valence-electron chi connectivity index (χ1n) is 7.48. The van der Waals surface area contributed by atoms with Crippen LogP contribution in [0.5, 0.6) is 0 Å². The monoisotopic (exact) mass is 310 g/mol. The van der Waals surface area contributed by atoms with Crippen LogP contribution in [0, 0.1) is 0 Å². The van der Waals surface area contributed by atoms with E-state index in [-0.39, 0.29) is 18.4 Å². The van der Waals surface area contributed by atoms with E-state index in [2.05, 4.69) is 10.3 Å². The number of aromatic nitrogens is 1. The molecule has 0 radical (unpaired) electrons. The molecule has 2 heterocycles. The molecule has 118 valence electrons. The van der Waals surface area contributed by atoms with Gasteiger partial charge in [-0.05, 0) is 31.2 Å². The highest BCUT2D eigenvalue weighted by atomic mass is 16.2. The Hall–Kier alpha value is -2.89. The van der Waals surface area contributed by atoms with Crippen LogP contribution < -0.4 is 15.1 Å². The second-order valence-corrected chi connectivity index (χ2v) is 5.38. The Morgan fingerprint density at radius 2 is 2.09 bits per heavy atom. The van der Waals surface area contributed by atoms with Gasteiger partial charge in [0.25, 0.3) is 5.91 Å². The Bertz CT molecular complexity index is 743. The van der Waals surface area contributed by atoms with E-state index in [9.17, 15) is 9.59 Å². The van der Waals surface area contributed by atoms with Crippen molar-refractivity contribution in [2.75, 3.05) is 35.3 Å². The fourth-order valence-corrected chi connectivity index (χ4v) is 2.47. The lowest BCUT2D eigenvalue weighted by molar-refractivity contribution is -0.115. The summed E-state index contributed by atoms with van der Waals surface area (Å²) < 4.78 is 0. The van der Waals surface area contributed by atoms with E-state index < -0.39 is 0 Å². The molecule has 2 aromatic rings. The SMILES string of the molecule is CCN(C)c1ccc(C(=O)N2CC(=O)Nc3ccccc32)cn1. The van der Waals surface area contributed by atoms with Gasteiger partial charge in [-0.2, -0.15) is 0 Å². The average molecular weight is 310 g/mol. The van der Waals surface area contributed by atoms with Crippen molar-refractivity contribution >= 4 is 29.0 Å². The fraction of sp³-hybridized carbons (Fsp3) is 0.235. The first-order chi connectivity index (χ1) is 11.1. The third-order valence-electron chi connectivity index (χ3n) is 3.88. The first kappa shape index (κ1) is 15.0. The van der Waals surface area contributed by atoms with Gasteiger partial charge in [-0.25, -0.2) is 4.98 Å². The van der Waals surface area contributed by atoms with Gasteiger partial charge in [0.2, 0.25) is 5.91 Å². The van der Waals surface area contributed by atoms with E-state index in [1.807, 2.05) is 43.1 Å². The number of fused-ring (bicyclic) bond motifs is 1. The molecule has 23 heavy (non-hydrogen) atoms. The molecule has 0 bridgehead atoms. The van der Waals surface area contributed by atoms with E-state index in [4.69, 9.17) is 0 Å². The Morgan fingerprint density at radius 1 is 1.30 bits per heavy atom. The molecular weight excluding hydrogens is 292 g/mol. The van der Waals surface area contributed by atoms with Crippen LogP contribution >= 0.6 is 0 Å². The summed E-state index contributed by atoms with van der Waals surface area (Å²) in [7, 11) is 1.94. The van der Waals surface area contributed by atoms with Gasteiger partial charge in [-0.3, -0.25) is 14.5 Å². The van der Waals surface area contributed by atoms with Crippen molar-refractivity contribution in [2.24, 2.45) is 0 Å². The lowest BCUT2D eigenvalue weighted by atomic mass is 10.1. The van der Waals surface area contributed by atoms with E-state index >= 15 is 0 Å². The van der Waals surface area contributed by atoms with Crippen molar-refractivity contribution in [3.8, 4) is 0 Å². The minimum absolute atomic E-state index is 0.00641. The molecule has 0 spiro atoms. The number of nitrogens with one attached hydrogen (secondary N) is 1. The number of amides is 2. The maximum absolute atomic E-state index is 12.8. The molecule has 0 aliphatic carbocycles. The summed E-state index contributed by atoms with van der Waals surface area (Å²) in [6.45, 7) is 2.87. The smallest absolute Gasteiger partial charge is 0.260 e. The highest BCUT2D eigenvalue weighted by Crippen LogP contribution is 2.30. The summed E-state index contributed by atoms with van der Waals surface area (Å²) in [5, 5.41) is 2.77. The zero-order chi connectivity index (χ0) is 16.4. The molecule has 6 heteroatoms. The number of pyridine rings is 1. The van der Waals surface area contributed by atoms with Crippen molar-refractivity contribution in [3.05, 3.63) is 48.2 Å². The largest absolute Gasteiger partial charge is 0.360 e. The molecule has 3 rings (SSSR count). The van der Waals surface area contributed by atoms with Crippen molar-refractivity contribution in [3.63, 3.8) is 0 Å². The maximum Gasteiger partial charge on any atom is 0.260 e. The molecule has 0 unspecified atom stereocenters. The summed E-state index contributed by atoms with van der Waals surface area (Å²) in [4.78, 5) is 32.4.